The number of benzene rings is 2. The first-order valence-electron chi connectivity index (χ1n) is 14.9. The van der Waals surface area contributed by atoms with Crippen LogP contribution >= 0.6 is 11.3 Å². The first kappa shape index (κ1) is 36.6. The zero-order valence-corrected chi connectivity index (χ0v) is 28.8. The Hall–Kier alpha value is -4.85. The minimum absolute atomic E-state index is 0.204. The van der Waals surface area contributed by atoms with E-state index in [1.165, 1.54) is 25.4 Å². The van der Waals surface area contributed by atoms with E-state index in [4.69, 9.17) is 15.2 Å². The Labute approximate surface area is 279 Å². The lowest BCUT2D eigenvalue weighted by Crippen LogP contribution is -2.59. The molecule has 1 atom stereocenters. The van der Waals surface area contributed by atoms with Crippen LogP contribution in [-0.4, -0.2) is 47.7 Å². The molecule has 4 amide bonds. The van der Waals surface area contributed by atoms with E-state index in [0.29, 0.717) is 35.8 Å². The molecule has 14 heteroatoms. The molecule has 1 heterocycles. The lowest BCUT2D eigenvalue weighted by Gasteiger charge is -2.42. The van der Waals surface area contributed by atoms with Gasteiger partial charge in [0.05, 0.1) is 18.2 Å². The molecule has 3 aromatic rings. The van der Waals surface area contributed by atoms with Crippen molar-refractivity contribution in [3.8, 4) is 0 Å². The summed E-state index contributed by atoms with van der Waals surface area (Å²) in [7, 11) is 1.30. The predicted octanol–water partition coefficient (Wildman–Crippen LogP) is 6.39. The van der Waals surface area contributed by atoms with Crippen LogP contribution in [0.2, 0.25) is 0 Å². The number of anilines is 3. The standard InChI is InChI=1S/C33H44N6O7S/c1-20(40)35-28-37-25(26(47-28)19-22-11-14-23(15-12-22)36-29(42)44-8)18-13-21-9-16-24(17-10-21)38-33(31(2,3)4,45-27(34)41)46-30(43)39-32(5,6)7/h9-12,14-17,38H,13,18-19H2,1-8H3,(H2,34,41)(H,36,42)(H,39,43)(H,35,37,40). The van der Waals surface area contributed by atoms with Gasteiger partial charge in [-0.1, -0.05) is 45.0 Å². The van der Waals surface area contributed by atoms with Crippen LogP contribution in [0.4, 0.5) is 30.9 Å². The summed E-state index contributed by atoms with van der Waals surface area (Å²) < 4.78 is 15.8. The first-order chi connectivity index (χ1) is 21.9. The predicted molar refractivity (Wildman–Crippen MR) is 181 cm³/mol. The van der Waals surface area contributed by atoms with Gasteiger partial charge in [0, 0.05) is 35.1 Å². The van der Waals surface area contributed by atoms with Crippen molar-refractivity contribution in [3.05, 3.63) is 70.2 Å². The highest BCUT2D eigenvalue weighted by Crippen LogP contribution is 2.37. The fourth-order valence-electron chi connectivity index (χ4n) is 4.36. The Kier molecular flexibility index (Phi) is 11.8. The first-order valence-corrected chi connectivity index (χ1v) is 15.8. The number of alkyl carbamates (subject to hydrolysis) is 1. The molecule has 1 unspecified atom stereocenters. The third-order valence-electron chi connectivity index (χ3n) is 6.67. The van der Waals surface area contributed by atoms with Gasteiger partial charge >= 0.3 is 24.2 Å². The van der Waals surface area contributed by atoms with E-state index < -0.39 is 35.1 Å². The van der Waals surface area contributed by atoms with Crippen LogP contribution in [0.5, 0.6) is 0 Å². The van der Waals surface area contributed by atoms with E-state index in [9.17, 15) is 19.2 Å². The van der Waals surface area contributed by atoms with Crippen molar-refractivity contribution in [1.82, 2.24) is 10.3 Å². The Bertz CT molecular complexity index is 1560. The molecule has 0 aliphatic carbocycles. The number of hydrogen-bond acceptors (Lipinski definition) is 10. The molecule has 0 spiro atoms. The number of rotatable bonds is 11. The summed E-state index contributed by atoms with van der Waals surface area (Å²) in [5.74, 6) is -2.12. The Morgan fingerprint density at radius 1 is 0.809 bits per heavy atom. The van der Waals surface area contributed by atoms with Crippen LogP contribution in [0, 0.1) is 5.41 Å². The molecule has 0 bridgehead atoms. The van der Waals surface area contributed by atoms with Gasteiger partial charge in [0.15, 0.2) is 5.13 Å². The van der Waals surface area contributed by atoms with Crippen molar-refractivity contribution >= 4 is 52.0 Å². The van der Waals surface area contributed by atoms with Gasteiger partial charge in [-0.25, -0.2) is 19.4 Å². The quantitative estimate of drug-likeness (QED) is 0.145. The molecule has 254 valence electrons. The zero-order chi connectivity index (χ0) is 35.0. The van der Waals surface area contributed by atoms with Crippen LogP contribution in [0.15, 0.2) is 48.5 Å². The molecule has 0 aliphatic rings. The number of ether oxygens (including phenoxy) is 3. The number of thiazole rings is 1. The maximum atomic E-state index is 12.8. The lowest BCUT2D eigenvalue weighted by atomic mass is 9.90. The summed E-state index contributed by atoms with van der Waals surface area (Å²) in [6, 6.07) is 14.8. The molecular formula is C33H44N6O7S. The number of amides is 4. The van der Waals surface area contributed by atoms with Gasteiger partial charge < -0.3 is 35.9 Å². The van der Waals surface area contributed by atoms with Crippen molar-refractivity contribution in [1.29, 1.82) is 0 Å². The van der Waals surface area contributed by atoms with E-state index in [1.807, 2.05) is 24.3 Å². The number of aromatic nitrogens is 1. The fraction of sp³-hybridized carbons (Fsp3) is 0.424. The molecular weight excluding hydrogens is 624 g/mol. The maximum absolute atomic E-state index is 12.8. The van der Waals surface area contributed by atoms with E-state index >= 15 is 0 Å². The normalized spacial score (nSPS) is 12.7. The van der Waals surface area contributed by atoms with E-state index in [0.717, 1.165) is 21.7 Å². The SMILES string of the molecule is COC(=O)Nc1ccc(Cc2sc(NC(C)=O)nc2CCc2ccc(NC(OC(N)=O)(OC(=O)NC(C)(C)C)C(C)(C)C)cc2)cc1. The van der Waals surface area contributed by atoms with Crippen LogP contribution in [0.1, 0.15) is 70.2 Å². The molecule has 0 radical (unpaired) electrons. The second kappa shape index (κ2) is 15.2. The van der Waals surface area contributed by atoms with Gasteiger partial charge in [-0.2, -0.15) is 0 Å². The third-order valence-corrected chi connectivity index (χ3v) is 7.68. The smallest absolute Gasteiger partial charge is 0.412 e. The number of carbonyl (C=O) groups is 4. The molecule has 0 saturated heterocycles. The molecule has 47 heavy (non-hydrogen) atoms. The second-order valence-corrected chi connectivity index (χ2v) is 14.0. The van der Waals surface area contributed by atoms with Crippen molar-refractivity contribution in [2.24, 2.45) is 11.1 Å². The van der Waals surface area contributed by atoms with Gasteiger partial charge in [-0.3, -0.25) is 10.1 Å². The van der Waals surface area contributed by atoms with Gasteiger partial charge in [-0.05, 0) is 69.0 Å². The summed E-state index contributed by atoms with van der Waals surface area (Å²) in [6.45, 7) is 12.1. The van der Waals surface area contributed by atoms with Crippen LogP contribution in [-0.2, 0) is 38.3 Å². The molecule has 3 rings (SSSR count). The van der Waals surface area contributed by atoms with Crippen molar-refractivity contribution in [3.63, 3.8) is 0 Å². The van der Waals surface area contributed by atoms with Gasteiger partial charge in [-0.15, -0.1) is 11.3 Å². The Morgan fingerprint density at radius 2 is 1.40 bits per heavy atom. The number of nitrogens with one attached hydrogen (secondary N) is 4. The number of aryl methyl sites for hydroxylation is 2. The van der Waals surface area contributed by atoms with Crippen molar-refractivity contribution < 1.29 is 33.4 Å². The van der Waals surface area contributed by atoms with Gasteiger partial charge in [0.1, 0.15) is 0 Å². The fourth-order valence-corrected chi connectivity index (χ4v) is 5.45. The molecule has 1 aromatic heterocycles. The average Bonchev–Trinajstić information content (AvgIpc) is 3.31. The van der Waals surface area contributed by atoms with Crippen molar-refractivity contribution in [2.75, 3.05) is 23.1 Å². The highest BCUT2D eigenvalue weighted by atomic mass is 32.1. The van der Waals surface area contributed by atoms with Gasteiger partial charge in [0.2, 0.25) is 5.91 Å². The minimum atomic E-state index is -1.92. The Balaban J connectivity index is 1.78. The Morgan fingerprint density at radius 3 is 1.94 bits per heavy atom. The molecule has 0 aliphatic heterocycles. The van der Waals surface area contributed by atoms with Gasteiger partial charge in [0.25, 0.3) is 0 Å². The number of primary amides is 1. The maximum Gasteiger partial charge on any atom is 0.412 e. The highest BCUT2D eigenvalue weighted by molar-refractivity contribution is 7.15. The number of carbonyl (C=O) groups excluding carboxylic acids is 4. The number of nitrogens with two attached hydrogens (primary N) is 1. The molecule has 0 saturated carbocycles. The number of methoxy groups -OCH3 is 1. The monoisotopic (exact) mass is 668 g/mol. The highest BCUT2D eigenvalue weighted by Gasteiger charge is 2.50. The third kappa shape index (κ3) is 11.2. The number of nitrogens with zero attached hydrogens (tertiary/aromatic N) is 1. The average molecular weight is 669 g/mol. The van der Waals surface area contributed by atoms with E-state index in [1.54, 1.807) is 65.8 Å². The van der Waals surface area contributed by atoms with Crippen LogP contribution < -0.4 is 27.0 Å². The summed E-state index contributed by atoms with van der Waals surface area (Å²) in [6.07, 6.45) is -0.608. The van der Waals surface area contributed by atoms with Crippen LogP contribution in [0.3, 0.4) is 0 Å². The van der Waals surface area contributed by atoms with Crippen LogP contribution in [0.25, 0.3) is 0 Å². The minimum Gasteiger partial charge on any atom is -0.453 e. The summed E-state index contributed by atoms with van der Waals surface area (Å²) in [5, 5.41) is 11.7. The lowest BCUT2D eigenvalue weighted by molar-refractivity contribution is -0.202. The molecule has 0 fully saturated rings. The molecule has 13 nitrogen and oxygen atoms in total. The second-order valence-electron chi connectivity index (χ2n) is 12.9. The topological polar surface area (TPSA) is 183 Å². The van der Waals surface area contributed by atoms with E-state index in [2.05, 4.69) is 31.0 Å². The van der Waals surface area contributed by atoms with E-state index in [-0.39, 0.29) is 5.91 Å². The summed E-state index contributed by atoms with van der Waals surface area (Å²) in [5.41, 5.74) is 7.89. The molecule has 6 N–H and O–H groups in total. The summed E-state index contributed by atoms with van der Waals surface area (Å²) in [4.78, 5) is 53.7. The molecule has 2 aromatic carbocycles. The zero-order valence-electron chi connectivity index (χ0n) is 28.0. The number of hydrogen-bond donors (Lipinski definition) is 5. The van der Waals surface area contributed by atoms with Crippen molar-refractivity contribution in [2.45, 2.75) is 79.2 Å². The summed E-state index contributed by atoms with van der Waals surface area (Å²) >= 11 is 1.42. The largest absolute Gasteiger partial charge is 0.453 e.